The molecule has 0 aliphatic heterocycles. The lowest BCUT2D eigenvalue weighted by atomic mass is 9.87. The highest BCUT2D eigenvalue weighted by Gasteiger charge is 2.22. The van der Waals surface area contributed by atoms with Gasteiger partial charge in [-0.15, -0.1) is 0 Å². The standard InChI is InChI=1S/C60H37N/c1-3-18-47-38(11-1)13-5-20-49(47)40-29-33-45(34-30-40)61(46-35-31-41(32-36-46)50-21-6-14-39-12-2-4-19-48(39)50)56-37-44-17-9-24-52-51-22-7-15-42-27-28-43-16-8-23-53(58(43)57(42)51)54-25-10-26-55(56)60(54)59(44)52/h1-37H. The molecule has 0 heterocycles. The van der Waals surface area contributed by atoms with Crippen LogP contribution in [0.15, 0.2) is 224 Å². The van der Waals surface area contributed by atoms with Crippen LogP contribution in [0.4, 0.5) is 17.1 Å². The van der Waals surface area contributed by atoms with Crippen molar-refractivity contribution in [2.45, 2.75) is 0 Å². The quantitative estimate of drug-likeness (QED) is 0.158. The number of anilines is 3. The molecule has 13 rings (SSSR count). The summed E-state index contributed by atoms with van der Waals surface area (Å²) in [6, 6.07) is 83.3. The van der Waals surface area contributed by atoms with E-state index < -0.39 is 0 Å². The van der Waals surface area contributed by atoms with Gasteiger partial charge >= 0.3 is 0 Å². The van der Waals surface area contributed by atoms with E-state index in [2.05, 4.69) is 229 Å². The van der Waals surface area contributed by atoms with Gasteiger partial charge in [-0.05, 0) is 128 Å². The first-order valence-corrected chi connectivity index (χ1v) is 21.2. The zero-order valence-corrected chi connectivity index (χ0v) is 33.3. The van der Waals surface area contributed by atoms with Crippen LogP contribution in [-0.2, 0) is 0 Å². The van der Waals surface area contributed by atoms with Gasteiger partial charge in [0.1, 0.15) is 0 Å². The second-order valence-electron chi connectivity index (χ2n) is 16.4. The lowest BCUT2D eigenvalue weighted by molar-refractivity contribution is 1.30. The van der Waals surface area contributed by atoms with E-state index in [1.807, 2.05) is 0 Å². The number of hydrogen-bond acceptors (Lipinski definition) is 1. The maximum absolute atomic E-state index is 2.47. The highest BCUT2D eigenvalue weighted by molar-refractivity contribution is 6.38. The van der Waals surface area contributed by atoms with E-state index in [0.717, 1.165) is 17.1 Å². The Hall–Kier alpha value is -8.00. The first kappa shape index (κ1) is 33.9. The number of hydrogen-bond donors (Lipinski definition) is 0. The molecule has 0 aromatic heterocycles. The summed E-state index contributed by atoms with van der Waals surface area (Å²) in [5.74, 6) is 0. The molecule has 282 valence electrons. The van der Waals surface area contributed by atoms with Crippen molar-refractivity contribution >= 4 is 103 Å². The van der Waals surface area contributed by atoms with Gasteiger partial charge in [-0.1, -0.05) is 194 Å². The van der Waals surface area contributed by atoms with Gasteiger partial charge in [-0.25, -0.2) is 0 Å². The summed E-state index contributed by atoms with van der Waals surface area (Å²) in [7, 11) is 0. The predicted molar refractivity (Wildman–Crippen MR) is 263 cm³/mol. The highest BCUT2D eigenvalue weighted by Crippen LogP contribution is 2.48. The van der Waals surface area contributed by atoms with E-state index in [1.54, 1.807) is 0 Å². The van der Waals surface area contributed by atoms with Crippen LogP contribution in [0.1, 0.15) is 0 Å². The van der Waals surface area contributed by atoms with Gasteiger partial charge in [0.05, 0.1) is 5.69 Å². The van der Waals surface area contributed by atoms with Gasteiger partial charge in [0, 0.05) is 22.1 Å². The van der Waals surface area contributed by atoms with E-state index in [1.165, 1.54) is 108 Å². The van der Waals surface area contributed by atoms with Crippen LogP contribution in [0, 0.1) is 0 Å². The van der Waals surface area contributed by atoms with Gasteiger partial charge in [-0.2, -0.15) is 0 Å². The molecular formula is C60H37N. The Labute approximate surface area is 353 Å². The number of benzene rings is 12. The Morgan fingerprint density at radius 2 is 0.590 bits per heavy atom. The van der Waals surface area contributed by atoms with Gasteiger partial charge in [0.25, 0.3) is 0 Å². The summed E-state index contributed by atoms with van der Waals surface area (Å²) in [4.78, 5) is 2.47. The van der Waals surface area contributed by atoms with Crippen LogP contribution in [-0.4, -0.2) is 0 Å². The molecule has 0 fully saturated rings. The summed E-state index contributed by atoms with van der Waals surface area (Å²) >= 11 is 0. The number of fused-ring (bicyclic) bond motifs is 4. The largest absolute Gasteiger partial charge is 0.310 e. The molecule has 0 aliphatic rings. The van der Waals surface area contributed by atoms with Crippen molar-refractivity contribution in [3.63, 3.8) is 0 Å². The van der Waals surface area contributed by atoms with Crippen LogP contribution in [0.25, 0.3) is 108 Å². The third kappa shape index (κ3) is 5.14. The fourth-order valence-electron chi connectivity index (χ4n) is 10.4. The minimum atomic E-state index is 1.11. The van der Waals surface area contributed by atoms with Gasteiger partial charge < -0.3 is 4.90 Å². The van der Waals surface area contributed by atoms with Crippen LogP contribution in [0.2, 0.25) is 0 Å². The fourth-order valence-corrected chi connectivity index (χ4v) is 10.4. The average Bonchev–Trinajstić information content (AvgIpc) is 3.33. The maximum atomic E-state index is 2.47. The third-order valence-corrected chi connectivity index (χ3v) is 13.1. The van der Waals surface area contributed by atoms with Crippen LogP contribution in [0.3, 0.4) is 0 Å². The van der Waals surface area contributed by atoms with Crippen molar-refractivity contribution in [3.05, 3.63) is 224 Å². The molecule has 0 N–H and O–H groups in total. The van der Waals surface area contributed by atoms with Crippen LogP contribution < -0.4 is 4.90 Å². The van der Waals surface area contributed by atoms with Crippen molar-refractivity contribution in [2.24, 2.45) is 0 Å². The van der Waals surface area contributed by atoms with Crippen LogP contribution in [0.5, 0.6) is 0 Å². The number of nitrogens with zero attached hydrogens (tertiary/aromatic N) is 1. The van der Waals surface area contributed by atoms with E-state index >= 15 is 0 Å². The zero-order valence-electron chi connectivity index (χ0n) is 33.3. The average molecular weight is 772 g/mol. The van der Waals surface area contributed by atoms with Gasteiger partial charge in [0.2, 0.25) is 0 Å². The van der Waals surface area contributed by atoms with Gasteiger partial charge in [0.15, 0.2) is 0 Å². The molecule has 0 amide bonds. The Balaban J connectivity index is 1.10. The van der Waals surface area contributed by atoms with E-state index in [0.29, 0.717) is 0 Å². The van der Waals surface area contributed by atoms with Crippen molar-refractivity contribution in [1.29, 1.82) is 0 Å². The van der Waals surface area contributed by atoms with Crippen molar-refractivity contribution < 1.29 is 0 Å². The van der Waals surface area contributed by atoms with E-state index in [-0.39, 0.29) is 0 Å². The summed E-state index contributed by atoms with van der Waals surface area (Å²) in [6.07, 6.45) is 0. The van der Waals surface area contributed by atoms with E-state index in [9.17, 15) is 0 Å². The highest BCUT2D eigenvalue weighted by atomic mass is 15.1. The van der Waals surface area contributed by atoms with Gasteiger partial charge in [-0.3, -0.25) is 0 Å². The third-order valence-electron chi connectivity index (χ3n) is 13.1. The second-order valence-corrected chi connectivity index (χ2v) is 16.4. The Morgan fingerprint density at radius 1 is 0.230 bits per heavy atom. The van der Waals surface area contributed by atoms with Crippen molar-refractivity contribution in [3.8, 4) is 22.3 Å². The lowest BCUT2D eigenvalue weighted by Gasteiger charge is -2.28. The van der Waals surface area contributed by atoms with Crippen molar-refractivity contribution in [2.75, 3.05) is 4.90 Å². The second kappa shape index (κ2) is 13.3. The Morgan fingerprint density at radius 3 is 1.11 bits per heavy atom. The molecule has 0 radical (unpaired) electrons. The predicted octanol–water partition coefficient (Wildman–Crippen LogP) is 17.2. The minimum absolute atomic E-state index is 1.11. The normalized spacial score (nSPS) is 11.9. The minimum Gasteiger partial charge on any atom is -0.310 e. The molecule has 0 atom stereocenters. The monoisotopic (exact) mass is 771 g/mol. The first-order valence-electron chi connectivity index (χ1n) is 21.2. The summed E-state index contributed by atoms with van der Waals surface area (Å²) < 4.78 is 0. The molecule has 0 spiro atoms. The Kier molecular flexibility index (Phi) is 7.37. The summed E-state index contributed by atoms with van der Waals surface area (Å²) in [6.45, 7) is 0. The lowest BCUT2D eigenvalue weighted by Crippen LogP contribution is -2.10. The first-order chi connectivity index (χ1) is 30.3. The smallest absolute Gasteiger partial charge is 0.0546 e. The Bertz CT molecular complexity index is 3730. The SMILES string of the molecule is c1ccc2c(-c3ccc(N(c4ccc(-c5cccc6ccccc56)cc4)c4cc5cccc6c7cccc8ccc9cccc(c%10cccc4c%10c56)c9c87)cc3)cccc2c1. The maximum Gasteiger partial charge on any atom is 0.0546 e. The topological polar surface area (TPSA) is 3.24 Å². The summed E-state index contributed by atoms with van der Waals surface area (Å²) in [5, 5.41) is 20.3. The molecule has 1 nitrogen and oxygen atoms in total. The number of rotatable bonds is 5. The zero-order chi connectivity index (χ0) is 40.0. The molecule has 13 aromatic carbocycles. The van der Waals surface area contributed by atoms with Crippen LogP contribution >= 0.6 is 0 Å². The molecule has 0 saturated carbocycles. The molecule has 0 saturated heterocycles. The molecule has 0 bridgehead atoms. The molecule has 0 aliphatic carbocycles. The molecule has 0 unspecified atom stereocenters. The van der Waals surface area contributed by atoms with Crippen molar-refractivity contribution in [1.82, 2.24) is 0 Å². The molecule has 1 heteroatoms. The molecule has 13 aromatic rings. The molecular weight excluding hydrogens is 735 g/mol. The summed E-state index contributed by atoms with van der Waals surface area (Å²) in [5.41, 5.74) is 8.24. The fraction of sp³-hybridized carbons (Fsp3) is 0. The van der Waals surface area contributed by atoms with E-state index in [4.69, 9.17) is 0 Å². The molecule has 61 heavy (non-hydrogen) atoms.